The zero-order chi connectivity index (χ0) is 37.3. The van der Waals surface area contributed by atoms with E-state index in [4.69, 9.17) is 28.0 Å². The van der Waals surface area contributed by atoms with Crippen molar-refractivity contribution in [3.63, 3.8) is 0 Å². The zero-order valence-electron chi connectivity index (χ0n) is 31.7. The predicted octanol–water partition coefficient (Wildman–Crippen LogP) is 9.69. The molecule has 0 saturated heterocycles. The average Bonchev–Trinajstić information content (AvgIpc) is 3.11. The fourth-order valence-corrected chi connectivity index (χ4v) is 9.09. The minimum Gasteiger partial charge on any atom is -0.497 e. The fraction of sp³-hybridized carbons (Fsp3) is 0.513. The summed E-state index contributed by atoms with van der Waals surface area (Å²) >= 11 is 0. The summed E-state index contributed by atoms with van der Waals surface area (Å²) in [5, 5.41) is 2.79. The van der Waals surface area contributed by atoms with Crippen LogP contribution in [0.3, 0.4) is 0 Å². The maximum absolute atomic E-state index is 12.2. The van der Waals surface area contributed by atoms with E-state index in [9.17, 15) is 4.79 Å². The molecule has 0 saturated carbocycles. The van der Waals surface area contributed by atoms with Gasteiger partial charge < -0.3 is 33.3 Å². The van der Waals surface area contributed by atoms with E-state index < -0.39 is 20.2 Å². The highest BCUT2D eigenvalue weighted by molar-refractivity contribution is 8.77. The van der Waals surface area contributed by atoms with Gasteiger partial charge in [-0.3, -0.25) is 0 Å². The molecule has 3 aromatic rings. The largest absolute Gasteiger partial charge is 0.497 e. The van der Waals surface area contributed by atoms with Crippen LogP contribution in [0.2, 0.25) is 0 Å². The molecule has 9 nitrogen and oxygen atoms in total. The number of ether oxygens (including phenoxy) is 4. The lowest BCUT2D eigenvalue weighted by molar-refractivity contribution is 0.00630. The van der Waals surface area contributed by atoms with Gasteiger partial charge in [0.2, 0.25) is 0 Å². The summed E-state index contributed by atoms with van der Waals surface area (Å²) in [6, 6.07) is 26.7. The average molecular weight is 761 g/mol. The monoisotopic (exact) mass is 760 g/mol. The van der Waals surface area contributed by atoms with Gasteiger partial charge in [-0.2, -0.15) is 0 Å². The molecule has 0 aliphatic heterocycles. The van der Waals surface area contributed by atoms with Crippen molar-refractivity contribution in [3.05, 3.63) is 95.6 Å². The molecular weight excluding hydrogens is 704 g/mol. The van der Waals surface area contributed by atoms with Crippen molar-refractivity contribution < 1.29 is 32.8 Å². The molecule has 1 N–H and O–H groups in total. The molecular formula is C39H57N2O7PS2. The van der Waals surface area contributed by atoms with Gasteiger partial charge in [0.15, 0.2) is 0 Å². The van der Waals surface area contributed by atoms with Gasteiger partial charge in [-0.1, -0.05) is 97.0 Å². The van der Waals surface area contributed by atoms with Crippen LogP contribution in [0.4, 0.5) is 4.79 Å². The number of carbonyl (C=O) groups excluding carboxylic acids is 1. The van der Waals surface area contributed by atoms with Crippen molar-refractivity contribution in [2.75, 3.05) is 52.9 Å². The molecule has 0 aliphatic carbocycles. The van der Waals surface area contributed by atoms with E-state index in [-0.39, 0.29) is 16.8 Å². The van der Waals surface area contributed by atoms with Crippen LogP contribution in [-0.4, -0.2) is 80.5 Å². The third-order valence-electron chi connectivity index (χ3n) is 7.51. The second-order valence-corrected chi connectivity index (χ2v) is 18.0. The number of carbonyl (C=O) groups is 1. The second-order valence-electron chi connectivity index (χ2n) is 13.3. The van der Waals surface area contributed by atoms with Gasteiger partial charge in [0.05, 0.1) is 34.0 Å². The van der Waals surface area contributed by atoms with Crippen LogP contribution in [0.15, 0.2) is 78.9 Å². The van der Waals surface area contributed by atoms with Crippen molar-refractivity contribution in [3.8, 4) is 11.5 Å². The summed E-state index contributed by atoms with van der Waals surface area (Å²) in [5.41, 5.74) is 2.06. The lowest BCUT2D eigenvalue weighted by atomic mass is 9.80. The molecule has 12 heteroatoms. The third-order valence-corrected chi connectivity index (χ3v) is 12.9. The Kier molecular flexibility index (Phi) is 18.4. The Labute approximate surface area is 315 Å². The zero-order valence-corrected chi connectivity index (χ0v) is 34.2. The number of alkyl carbamates (subject to hydrolysis) is 1. The Hall–Kier alpha value is -2.50. The lowest BCUT2D eigenvalue weighted by Crippen LogP contribution is -2.35. The van der Waals surface area contributed by atoms with E-state index in [0.29, 0.717) is 39.4 Å². The highest BCUT2D eigenvalue weighted by atomic mass is 33.1. The van der Waals surface area contributed by atoms with Crippen molar-refractivity contribution in [1.29, 1.82) is 0 Å². The van der Waals surface area contributed by atoms with Crippen molar-refractivity contribution >= 4 is 36.2 Å². The summed E-state index contributed by atoms with van der Waals surface area (Å²) in [5.74, 6) is 2.28. The summed E-state index contributed by atoms with van der Waals surface area (Å²) in [7, 11) is 5.41. The van der Waals surface area contributed by atoms with Crippen LogP contribution in [-0.2, 0) is 24.1 Å². The third kappa shape index (κ3) is 13.8. The topological polar surface area (TPSA) is 87.7 Å². The summed E-state index contributed by atoms with van der Waals surface area (Å²) in [6.07, 6.45) is 0.186. The Morgan fingerprint density at radius 1 is 0.745 bits per heavy atom. The number of nitrogens with one attached hydrogen (secondary N) is 1. The van der Waals surface area contributed by atoms with Crippen LogP contribution in [0.1, 0.15) is 71.6 Å². The quantitative estimate of drug-likeness (QED) is 0.0463. The van der Waals surface area contributed by atoms with Gasteiger partial charge >= 0.3 is 6.09 Å². The minimum absolute atomic E-state index is 0.166. The molecule has 0 aliphatic rings. The normalized spacial score (nSPS) is 12.7. The minimum atomic E-state index is -1.40. The molecule has 0 spiro atoms. The number of methoxy groups -OCH3 is 2. The first-order chi connectivity index (χ1) is 24.4. The van der Waals surface area contributed by atoms with Crippen LogP contribution in [0.25, 0.3) is 0 Å². The van der Waals surface area contributed by atoms with E-state index >= 15 is 0 Å². The Bertz CT molecular complexity index is 1350. The fourth-order valence-electron chi connectivity index (χ4n) is 5.36. The number of rotatable bonds is 22. The first-order valence-corrected chi connectivity index (χ1v) is 20.9. The van der Waals surface area contributed by atoms with Gasteiger partial charge in [-0.05, 0) is 75.1 Å². The van der Waals surface area contributed by atoms with E-state index in [1.807, 2.05) is 42.5 Å². The highest BCUT2D eigenvalue weighted by Gasteiger charge is 2.38. The van der Waals surface area contributed by atoms with Crippen molar-refractivity contribution in [1.82, 2.24) is 9.99 Å². The van der Waals surface area contributed by atoms with E-state index in [1.165, 1.54) is 0 Å². The van der Waals surface area contributed by atoms with Gasteiger partial charge in [-0.15, -0.1) is 0 Å². The SMILES string of the molecule is COc1ccc(C(OCCCOP(OCCNC(=O)OCCSSC(C)(C)C)N(C(C)C)C(C)C)(c2ccccc2)c2ccc(OC)cc2)cc1. The van der Waals surface area contributed by atoms with Gasteiger partial charge in [-0.25, -0.2) is 9.46 Å². The molecule has 0 aromatic heterocycles. The standard InChI is InChI=1S/C39H57N2O7PS2/c1-30(2)41(31(3)4)49(48-27-24-40-37(42)45-28-29-50-51-38(5,6)7)47-26-13-25-46-39(32-14-11-10-12-15-32,33-16-20-35(43-8)21-17-33)34-18-22-36(44-9)23-19-34/h10-12,14-23,30-31H,13,24-29H2,1-9H3,(H,40,42). The number of amides is 1. The molecule has 0 bridgehead atoms. The number of nitrogens with zero attached hydrogens (tertiary/aromatic N) is 1. The first-order valence-electron chi connectivity index (χ1n) is 17.4. The molecule has 3 aromatic carbocycles. The van der Waals surface area contributed by atoms with Crippen LogP contribution in [0.5, 0.6) is 11.5 Å². The Morgan fingerprint density at radius 3 is 1.78 bits per heavy atom. The predicted molar refractivity (Wildman–Crippen MR) is 213 cm³/mol. The molecule has 51 heavy (non-hydrogen) atoms. The van der Waals surface area contributed by atoms with Crippen LogP contribution >= 0.6 is 30.1 Å². The molecule has 3 rings (SSSR count). The van der Waals surface area contributed by atoms with Gasteiger partial charge in [0, 0.05) is 29.1 Å². The van der Waals surface area contributed by atoms with Gasteiger partial charge in [0.1, 0.15) is 23.7 Å². The highest BCUT2D eigenvalue weighted by Crippen LogP contribution is 2.46. The molecule has 1 amide bonds. The summed E-state index contributed by atoms with van der Waals surface area (Å²) in [4.78, 5) is 12.2. The molecule has 1 unspecified atom stereocenters. The summed E-state index contributed by atoms with van der Waals surface area (Å²) in [6.45, 7) is 16.8. The lowest BCUT2D eigenvalue weighted by Gasteiger charge is -2.37. The number of hydrogen-bond donors (Lipinski definition) is 1. The number of hydrogen-bond acceptors (Lipinski definition) is 10. The second kappa shape index (κ2) is 21.9. The van der Waals surface area contributed by atoms with Gasteiger partial charge in [0.25, 0.3) is 8.53 Å². The Balaban J connectivity index is 1.67. The van der Waals surface area contributed by atoms with E-state index in [1.54, 1.807) is 35.8 Å². The molecule has 282 valence electrons. The van der Waals surface area contributed by atoms with Crippen molar-refractivity contribution in [2.45, 2.75) is 77.3 Å². The van der Waals surface area contributed by atoms with E-state index in [2.05, 4.69) is 94.9 Å². The van der Waals surface area contributed by atoms with Crippen molar-refractivity contribution in [2.24, 2.45) is 0 Å². The van der Waals surface area contributed by atoms with E-state index in [0.717, 1.165) is 33.9 Å². The molecule has 1 atom stereocenters. The number of benzene rings is 3. The maximum atomic E-state index is 12.2. The smallest absolute Gasteiger partial charge is 0.407 e. The summed E-state index contributed by atoms with van der Waals surface area (Å²) < 4.78 is 38.4. The first kappa shape index (κ1) is 42.9. The molecule has 0 heterocycles. The molecule has 0 radical (unpaired) electrons. The molecule has 0 fully saturated rings. The Morgan fingerprint density at radius 2 is 1.27 bits per heavy atom. The van der Waals surface area contributed by atoms with Crippen LogP contribution in [0, 0.1) is 0 Å². The maximum Gasteiger partial charge on any atom is 0.407 e. The van der Waals surface area contributed by atoms with Crippen LogP contribution < -0.4 is 14.8 Å².